The van der Waals surface area contributed by atoms with Gasteiger partial charge >= 0.3 is 0 Å². The number of carbonyl (C=O) groups excluding carboxylic acids is 1. The minimum absolute atomic E-state index is 0.0431. The molecule has 0 amide bonds. The Hall–Kier alpha value is -1.55. The van der Waals surface area contributed by atoms with E-state index in [0.717, 1.165) is 31.2 Å². The first-order valence-corrected chi connectivity index (χ1v) is 5.86. The number of rotatable bonds is 2. The lowest BCUT2D eigenvalue weighted by Gasteiger charge is -2.34. The van der Waals surface area contributed by atoms with E-state index in [-0.39, 0.29) is 5.78 Å². The summed E-state index contributed by atoms with van der Waals surface area (Å²) in [5, 5.41) is 0. The molecule has 1 aromatic carbocycles. The molecular formula is C15H16O. The maximum absolute atomic E-state index is 12.1. The molecule has 0 spiro atoms. The van der Waals surface area contributed by atoms with Gasteiger partial charge < -0.3 is 0 Å². The van der Waals surface area contributed by atoms with E-state index in [0.29, 0.717) is 0 Å². The molecule has 1 saturated carbocycles. The van der Waals surface area contributed by atoms with Gasteiger partial charge in [-0.3, -0.25) is 4.79 Å². The molecule has 0 saturated heterocycles. The van der Waals surface area contributed by atoms with Crippen LogP contribution in [0.25, 0.3) is 0 Å². The molecule has 2 rings (SSSR count). The minimum Gasteiger partial charge on any atom is -0.284 e. The largest absolute Gasteiger partial charge is 0.284 e. The van der Waals surface area contributed by atoms with Crippen LogP contribution in [0, 0.1) is 12.3 Å². The predicted octanol–water partition coefficient (Wildman–Crippen LogP) is 3.09. The summed E-state index contributed by atoms with van der Waals surface area (Å²) in [6.45, 7) is 0. The summed E-state index contributed by atoms with van der Waals surface area (Å²) in [4.78, 5) is 12.1. The Morgan fingerprint density at radius 1 is 1.12 bits per heavy atom. The van der Waals surface area contributed by atoms with Gasteiger partial charge in [-0.15, -0.1) is 6.42 Å². The third-order valence-corrected chi connectivity index (χ3v) is 3.60. The van der Waals surface area contributed by atoms with Crippen molar-refractivity contribution in [1.29, 1.82) is 0 Å². The van der Waals surface area contributed by atoms with Crippen LogP contribution >= 0.6 is 0 Å². The molecule has 1 aromatic rings. The molecule has 0 radical (unpaired) electrons. The molecule has 1 heteroatoms. The smallest absolute Gasteiger partial charge is 0.215 e. The highest BCUT2D eigenvalue weighted by Crippen LogP contribution is 2.39. The number of hydrogen-bond acceptors (Lipinski definition) is 1. The van der Waals surface area contributed by atoms with E-state index in [9.17, 15) is 4.79 Å². The van der Waals surface area contributed by atoms with Gasteiger partial charge in [-0.1, -0.05) is 49.6 Å². The van der Waals surface area contributed by atoms with Gasteiger partial charge in [-0.25, -0.2) is 0 Å². The Bertz CT molecular complexity index is 405. The maximum atomic E-state index is 12.1. The van der Waals surface area contributed by atoms with Crippen molar-refractivity contribution >= 4 is 5.78 Å². The second-order valence-corrected chi connectivity index (χ2v) is 4.48. The first kappa shape index (κ1) is 11.0. The zero-order chi connectivity index (χ0) is 11.4. The van der Waals surface area contributed by atoms with Gasteiger partial charge in [0.15, 0.2) is 0 Å². The number of ketones is 1. The highest BCUT2D eigenvalue weighted by molar-refractivity contribution is 6.03. The Morgan fingerprint density at radius 2 is 1.75 bits per heavy atom. The average Bonchev–Trinajstić information content (AvgIpc) is 2.39. The summed E-state index contributed by atoms with van der Waals surface area (Å²) in [6, 6.07) is 9.99. The van der Waals surface area contributed by atoms with Crippen LogP contribution in [0.1, 0.15) is 37.7 Å². The van der Waals surface area contributed by atoms with Crippen molar-refractivity contribution in [2.45, 2.75) is 37.5 Å². The van der Waals surface area contributed by atoms with Gasteiger partial charge in [0.25, 0.3) is 0 Å². The van der Waals surface area contributed by atoms with E-state index < -0.39 is 5.41 Å². The Morgan fingerprint density at radius 3 is 2.31 bits per heavy atom. The summed E-state index contributed by atoms with van der Waals surface area (Å²) in [7, 11) is 0. The molecule has 0 heterocycles. The highest BCUT2D eigenvalue weighted by Gasteiger charge is 2.39. The molecule has 1 aliphatic carbocycles. The fourth-order valence-electron chi connectivity index (χ4n) is 2.70. The van der Waals surface area contributed by atoms with Crippen molar-refractivity contribution in [2.75, 3.05) is 0 Å². The first-order valence-electron chi connectivity index (χ1n) is 5.86. The van der Waals surface area contributed by atoms with Crippen LogP contribution < -0.4 is 0 Å². The van der Waals surface area contributed by atoms with E-state index >= 15 is 0 Å². The predicted molar refractivity (Wildman–Crippen MR) is 65.0 cm³/mol. The average molecular weight is 212 g/mol. The molecule has 0 aliphatic heterocycles. The molecule has 1 nitrogen and oxygen atoms in total. The zero-order valence-electron chi connectivity index (χ0n) is 9.41. The molecule has 0 unspecified atom stereocenters. The number of benzene rings is 1. The highest BCUT2D eigenvalue weighted by atomic mass is 16.1. The zero-order valence-corrected chi connectivity index (χ0v) is 9.41. The third-order valence-electron chi connectivity index (χ3n) is 3.60. The molecular weight excluding hydrogens is 196 g/mol. The summed E-state index contributed by atoms with van der Waals surface area (Å²) in [5.74, 6) is 2.29. The lowest BCUT2D eigenvalue weighted by Crippen LogP contribution is -2.37. The molecule has 0 aromatic heterocycles. The number of Topliss-reactive ketones (excluding diaryl/α,β-unsaturated/α-hetero) is 1. The van der Waals surface area contributed by atoms with E-state index in [4.69, 9.17) is 6.42 Å². The van der Waals surface area contributed by atoms with Gasteiger partial charge in [-0.2, -0.15) is 0 Å². The monoisotopic (exact) mass is 212 g/mol. The molecule has 0 N–H and O–H groups in total. The van der Waals surface area contributed by atoms with Crippen molar-refractivity contribution in [3.8, 4) is 12.3 Å². The van der Waals surface area contributed by atoms with Crippen LogP contribution in [0.5, 0.6) is 0 Å². The molecule has 16 heavy (non-hydrogen) atoms. The van der Waals surface area contributed by atoms with E-state index in [2.05, 4.69) is 5.92 Å². The first-order chi connectivity index (χ1) is 7.79. The van der Waals surface area contributed by atoms with Gasteiger partial charge in [0, 0.05) is 0 Å². The Kier molecular flexibility index (Phi) is 3.10. The Labute approximate surface area is 96.9 Å². The van der Waals surface area contributed by atoms with Crippen molar-refractivity contribution in [3.05, 3.63) is 35.9 Å². The molecule has 82 valence electrons. The lowest BCUT2D eigenvalue weighted by atomic mass is 9.67. The minimum atomic E-state index is -0.395. The van der Waals surface area contributed by atoms with Crippen molar-refractivity contribution in [3.63, 3.8) is 0 Å². The van der Waals surface area contributed by atoms with Gasteiger partial charge in [0.2, 0.25) is 5.78 Å². The van der Waals surface area contributed by atoms with E-state index in [1.54, 1.807) is 0 Å². The van der Waals surface area contributed by atoms with Crippen molar-refractivity contribution < 1.29 is 4.79 Å². The molecule has 0 bridgehead atoms. The number of carbonyl (C=O) groups is 1. The fraction of sp³-hybridized carbons (Fsp3) is 0.400. The lowest BCUT2D eigenvalue weighted by molar-refractivity contribution is -0.120. The van der Waals surface area contributed by atoms with Crippen LogP contribution in [0.2, 0.25) is 0 Å². The van der Waals surface area contributed by atoms with Gasteiger partial charge in [0.05, 0.1) is 5.41 Å². The van der Waals surface area contributed by atoms with E-state index in [1.807, 2.05) is 30.3 Å². The normalized spacial score (nSPS) is 18.7. The second kappa shape index (κ2) is 4.53. The fourth-order valence-corrected chi connectivity index (χ4v) is 2.70. The summed E-state index contributed by atoms with van der Waals surface area (Å²) >= 11 is 0. The Balaban J connectivity index is 2.43. The van der Waals surface area contributed by atoms with Crippen LogP contribution in [0.4, 0.5) is 0 Å². The van der Waals surface area contributed by atoms with Crippen molar-refractivity contribution in [2.24, 2.45) is 0 Å². The van der Waals surface area contributed by atoms with Crippen LogP contribution in [-0.4, -0.2) is 5.78 Å². The summed E-state index contributed by atoms with van der Waals surface area (Å²) in [6.07, 6.45) is 10.5. The standard InChI is InChI=1S/C15H16O/c1-2-14(16)15(11-7-4-8-12-15)13-9-5-3-6-10-13/h1,3,5-6,9-10H,4,7-8,11-12H2. The molecule has 1 fully saturated rings. The topological polar surface area (TPSA) is 17.1 Å². The van der Waals surface area contributed by atoms with E-state index in [1.165, 1.54) is 6.42 Å². The number of hydrogen-bond donors (Lipinski definition) is 0. The SMILES string of the molecule is C#CC(=O)C1(c2ccccc2)CCCCC1. The molecule has 1 aliphatic rings. The number of terminal acetylenes is 1. The van der Waals surface area contributed by atoms with Gasteiger partial charge in [0.1, 0.15) is 0 Å². The maximum Gasteiger partial charge on any atom is 0.215 e. The molecule has 0 atom stereocenters. The van der Waals surface area contributed by atoms with Crippen LogP contribution in [0.15, 0.2) is 30.3 Å². The van der Waals surface area contributed by atoms with Gasteiger partial charge in [-0.05, 0) is 24.3 Å². The van der Waals surface area contributed by atoms with Crippen LogP contribution in [0.3, 0.4) is 0 Å². The third kappa shape index (κ3) is 1.76. The van der Waals surface area contributed by atoms with Crippen molar-refractivity contribution in [1.82, 2.24) is 0 Å². The second-order valence-electron chi connectivity index (χ2n) is 4.48. The van der Waals surface area contributed by atoms with Crippen LogP contribution in [-0.2, 0) is 10.2 Å². The summed E-state index contributed by atoms with van der Waals surface area (Å²) < 4.78 is 0. The quantitative estimate of drug-likeness (QED) is 0.544. The summed E-state index contributed by atoms with van der Waals surface area (Å²) in [5.41, 5.74) is 0.700.